The summed E-state index contributed by atoms with van der Waals surface area (Å²) in [6, 6.07) is 6.49. The van der Waals surface area contributed by atoms with E-state index in [9.17, 15) is 18.0 Å². The second kappa shape index (κ2) is 6.25. The summed E-state index contributed by atoms with van der Waals surface area (Å²) in [4.78, 5) is 11.3. The first-order valence-corrected chi connectivity index (χ1v) is 5.17. The summed E-state index contributed by atoms with van der Waals surface area (Å²) in [5, 5.41) is 2.50. The molecule has 18 heavy (non-hydrogen) atoms. The van der Waals surface area contributed by atoms with Gasteiger partial charge in [-0.2, -0.15) is 13.2 Å². The lowest BCUT2D eigenvalue weighted by atomic mass is 10.3. The van der Waals surface area contributed by atoms with Crippen LogP contribution >= 0.6 is 0 Å². The molecule has 0 aliphatic rings. The minimum absolute atomic E-state index is 0.148. The molecule has 1 rings (SSSR count). The highest BCUT2D eigenvalue weighted by Gasteiger charge is 2.27. The van der Waals surface area contributed by atoms with Crippen LogP contribution in [0.1, 0.15) is 6.42 Å². The molecule has 1 amide bonds. The molecule has 0 aliphatic carbocycles. The number of hydrogen-bond donors (Lipinski definition) is 2. The highest BCUT2D eigenvalue weighted by Crippen LogP contribution is 2.15. The van der Waals surface area contributed by atoms with Crippen LogP contribution < -0.4 is 11.1 Å². The molecule has 0 bridgehead atoms. The van der Waals surface area contributed by atoms with E-state index in [-0.39, 0.29) is 13.0 Å². The predicted octanol–water partition coefficient (Wildman–Crippen LogP) is 2.18. The van der Waals surface area contributed by atoms with E-state index in [2.05, 4.69) is 10.1 Å². The van der Waals surface area contributed by atoms with E-state index in [0.29, 0.717) is 11.4 Å². The van der Waals surface area contributed by atoms with Crippen LogP contribution in [0.3, 0.4) is 0 Å². The Morgan fingerprint density at radius 2 is 2.11 bits per heavy atom. The Balaban J connectivity index is 2.26. The third-order valence-corrected chi connectivity index (χ3v) is 1.91. The van der Waals surface area contributed by atoms with Gasteiger partial charge in [-0.3, -0.25) is 4.79 Å². The number of carbonyl (C=O) groups is 1. The number of amides is 1. The van der Waals surface area contributed by atoms with Crippen molar-refractivity contribution in [2.24, 2.45) is 0 Å². The van der Waals surface area contributed by atoms with Crippen LogP contribution in [0.15, 0.2) is 24.3 Å². The topological polar surface area (TPSA) is 64.3 Å². The van der Waals surface area contributed by atoms with Crippen LogP contribution in [0.4, 0.5) is 24.5 Å². The Hall–Kier alpha value is -1.76. The maximum absolute atomic E-state index is 11.7. The Kier molecular flexibility index (Phi) is 4.96. The van der Waals surface area contributed by atoms with Crippen LogP contribution in [-0.2, 0) is 9.53 Å². The molecule has 0 aromatic heterocycles. The first-order chi connectivity index (χ1) is 8.37. The molecule has 100 valence electrons. The first-order valence-electron chi connectivity index (χ1n) is 5.17. The highest BCUT2D eigenvalue weighted by atomic mass is 19.4. The van der Waals surface area contributed by atoms with Gasteiger partial charge in [0, 0.05) is 11.4 Å². The molecule has 1 aromatic rings. The minimum atomic E-state index is -4.37. The molecule has 1 aromatic carbocycles. The molecule has 0 saturated heterocycles. The Morgan fingerprint density at radius 1 is 1.39 bits per heavy atom. The fourth-order valence-corrected chi connectivity index (χ4v) is 1.19. The van der Waals surface area contributed by atoms with Crippen LogP contribution in [0, 0.1) is 0 Å². The molecular weight excluding hydrogens is 249 g/mol. The van der Waals surface area contributed by atoms with Gasteiger partial charge in [0.2, 0.25) is 5.91 Å². The smallest absolute Gasteiger partial charge is 0.399 e. The summed E-state index contributed by atoms with van der Waals surface area (Å²) in [6.07, 6.45) is -4.52. The van der Waals surface area contributed by atoms with Gasteiger partial charge in [0.25, 0.3) is 0 Å². The quantitative estimate of drug-likeness (QED) is 0.631. The summed E-state index contributed by atoms with van der Waals surface area (Å²) >= 11 is 0. The first kappa shape index (κ1) is 14.3. The van der Waals surface area contributed by atoms with E-state index in [1.807, 2.05) is 0 Å². The highest BCUT2D eigenvalue weighted by molar-refractivity contribution is 5.91. The van der Waals surface area contributed by atoms with Crippen molar-refractivity contribution in [1.29, 1.82) is 0 Å². The zero-order valence-electron chi connectivity index (χ0n) is 9.46. The van der Waals surface area contributed by atoms with Gasteiger partial charge in [-0.15, -0.1) is 0 Å². The van der Waals surface area contributed by atoms with Crippen LogP contribution in [0.5, 0.6) is 0 Å². The third-order valence-electron chi connectivity index (χ3n) is 1.91. The number of rotatable bonds is 5. The average molecular weight is 262 g/mol. The molecule has 7 heteroatoms. The van der Waals surface area contributed by atoms with E-state index in [1.54, 1.807) is 24.3 Å². The Labute approximate surface area is 102 Å². The van der Waals surface area contributed by atoms with Gasteiger partial charge in [-0.05, 0) is 18.2 Å². The second-order valence-electron chi connectivity index (χ2n) is 3.59. The van der Waals surface area contributed by atoms with Crippen molar-refractivity contribution in [3.05, 3.63) is 24.3 Å². The Bertz CT molecular complexity index is 408. The van der Waals surface area contributed by atoms with Crippen LogP contribution in [-0.4, -0.2) is 25.3 Å². The maximum Gasteiger partial charge on any atom is 0.411 e. The van der Waals surface area contributed by atoms with Gasteiger partial charge in [0.15, 0.2) is 0 Å². The van der Waals surface area contributed by atoms with Gasteiger partial charge < -0.3 is 15.8 Å². The standard InChI is InChI=1S/C11H13F3N2O2/c12-11(13,14)7-18-5-4-10(17)16-9-3-1-2-8(15)6-9/h1-3,6H,4-5,7,15H2,(H,16,17). The fourth-order valence-electron chi connectivity index (χ4n) is 1.19. The molecule has 0 fully saturated rings. The number of hydrogen-bond acceptors (Lipinski definition) is 3. The third kappa shape index (κ3) is 6.09. The summed E-state index contributed by atoms with van der Waals surface area (Å²) in [5.74, 6) is -0.428. The number of alkyl halides is 3. The summed E-state index contributed by atoms with van der Waals surface area (Å²) in [5.41, 5.74) is 6.49. The van der Waals surface area contributed by atoms with E-state index in [4.69, 9.17) is 5.73 Å². The summed E-state index contributed by atoms with van der Waals surface area (Å²) in [7, 11) is 0. The molecule has 0 heterocycles. The summed E-state index contributed by atoms with van der Waals surface area (Å²) in [6.45, 7) is -1.63. The predicted molar refractivity (Wildman–Crippen MR) is 61.0 cm³/mol. The largest absolute Gasteiger partial charge is 0.411 e. The lowest BCUT2D eigenvalue weighted by molar-refractivity contribution is -0.174. The number of ether oxygens (including phenoxy) is 1. The number of nitrogens with one attached hydrogen (secondary N) is 1. The molecule has 0 unspecified atom stereocenters. The normalized spacial score (nSPS) is 11.3. The van der Waals surface area contributed by atoms with Crippen molar-refractivity contribution in [2.45, 2.75) is 12.6 Å². The van der Waals surface area contributed by atoms with E-state index < -0.39 is 18.7 Å². The second-order valence-corrected chi connectivity index (χ2v) is 3.59. The minimum Gasteiger partial charge on any atom is -0.399 e. The molecule has 4 nitrogen and oxygen atoms in total. The van der Waals surface area contributed by atoms with Crippen molar-refractivity contribution >= 4 is 17.3 Å². The average Bonchev–Trinajstić information content (AvgIpc) is 2.23. The zero-order chi connectivity index (χ0) is 13.6. The molecule has 0 saturated carbocycles. The van der Waals surface area contributed by atoms with Crippen LogP contribution in [0.25, 0.3) is 0 Å². The number of benzene rings is 1. The van der Waals surface area contributed by atoms with Gasteiger partial charge >= 0.3 is 6.18 Å². The van der Waals surface area contributed by atoms with Crippen molar-refractivity contribution in [3.8, 4) is 0 Å². The van der Waals surface area contributed by atoms with Crippen molar-refractivity contribution in [3.63, 3.8) is 0 Å². The van der Waals surface area contributed by atoms with Gasteiger partial charge in [-0.1, -0.05) is 6.07 Å². The SMILES string of the molecule is Nc1cccc(NC(=O)CCOCC(F)(F)F)c1. The van der Waals surface area contributed by atoms with Gasteiger partial charge in [0.1, 0.15) is 6.61 Å². The van der Waals surface area contributed by atoms with E-state index in [1.165, 1.54) is 0 Å². The van der Waals surface area contributed by atoms with E-state index >= 15 is 0 Å². The van der Waals surface area contributed by atoms with Gasteiger partial charge in [0.05, 0.1) is 13.0 Å². The fraction of sp³-hybridized carbons (Fsp3) is 0.364. The van der Waals surface area contributed by atoms with Crippen molar-refractivity contribution < 1.29 is 22.7 Å². The number of halogens is 3. The number of nitrogens with two attached hydrogens (primary N) is 1. The lowest BCUT2D eigenvalue weighted by Crippen LogP contribution is -2.20. The molecule has 0 spiro atoms. The van der Waals surface area contributed by atoms with Gasteiger partial charge in [-0.25, -0.2) is 0 Å². The molecule has 0 atom stereocenters. The number of carbonyl (C=O) groups excluding carboxylic acids is 1. The maximum atomic E-state index is 11.7. The Morgan fingerprint density at radius 3 is 2.72 bits per heavy atom. The van der Waals surface area contributed by atoms with Crippen LogP contribution in [0.2, 0.25) is 0 Å². The number of nitrogen functional groups attached to an aromatic ring is 1. The lowest BCUT2D eigenvalue weighted by Gasteiger charge is -2.08. The molecule has 0 radical (unpaired) electrons. The summed E-state index contributed by atoms with van der Waals surface area (Å²) < 4.78 is 39.5. The van der Waals surface area contributed by atoms with Crippen molar-refractivity contribution in [2.75, 3.05) is 24.3 Å². The van der Waals surface area contributed by atoms with E-state index in [0.717, 1.165) is 0 Å². The molecular formula is C11H13F3N2O2. The number of anilines is 2. The monoisotopic (exact) mass is 262 g/mol. The van der Waals surface area contributed by atoms with Crippen molar-refractivity contribution in [1.82, 2.24) is 0 Å². The molecule has 0 aliphatic heterocycles. The molecule has 3 N–H and O–H groups in total. The zero-order valence-corrected chi connectivity index (χ0v) is 9.46.